The second-order valence-corrected chi connectivity index (χ2v) is 8.27. The summed E-state index contributed by atoms with van der Waals surface area (Å²) in [6.45, 7) is 5.92. The summed E-state index contributed by atoms with van der Waals surface area (Å²) < 4.78 is 10.7. The molecule has 0 N–H and O–H groups in total. The molecule has 2 aromatic rings. The van der Waals surface area contributed by atoms with Crippen LogP contribution in [0.3, 0.4) is 0 Å². The minimum Gasteiger partial charge on any atom is -0.463 e. The van der Waals surface area contributed by atoms with Gasteiger partial charge < -0.3 is 9.47 Å². The maximum absolute atomic E-state index is 12.0. The molecular weight excluding hydrogens is 414 g/mol. The third-order valence-electron chi connectivity index (χ3n) is 5.35. The summed E-state index contributed by atoms with van der Waals surface area (Å²) >= 11 is 0. The van der Waals surface area contributed by atoms with Crippen molar-refractivity contribution in [3.05, 3.63) is 60.3 Å². The molecule has 178 valence electrons. The molecule has 1 aromatic heterocycles. The Morgan fingerprint density at radius 3 is 2.42 bits per heavy atom. The van der Waals surface area contributed by atoms with Crippen LogP contribution in [0.1, 0.15) is 77.7 Å². The number of unbranched alkanes of at least 4 members (excludes halogenated alkanes) is 4. The lowest BCUT2D eigenvalue weighted by atomic mass is 10.0. The highest BCUT2D eigenvalue weighted by atomic mass is 16.5. The van der Waals surface area contributed by atoms with Gasteiger partial charge in [0.15, 0.2) is 0 Å². The zero-order valence-electron chi connectivity index (χ0n) is 20.2. The van der Waals surface area contributed by atoms with Gasteiger partial charge in [-0.25, -0.2) is 0 Å². The number of esters is 2. The smallest absolute Gasteiger partial charge is 0.315 e. The molecule has 0 fully saturated rings. The summed E-state index contributed by atoms with van der Waals surface area (Å²) in [6, 6.07) is 11.8. The van der Waals surface area contributed by atoms with Crippen LogP contribution < -0.4 is 4.74 Å². The number of aromatic nitrogens is 1. The average molecular weight is 452 g/mol. The van der Waals surface area contributed by atoms with E-state index in [2.05, 4.69) is 30.1 Å². The Kier molecular flexibility index (Phi) is 11.9. The monoisotopic (exact) mass is 451 g/mol. The Morgan fingerprint density at radius 1 is 0.970 bits per heavy atom. The zero-order chi connectivity index (χ0) is 23.9. The van der Waals surface area contributed by atoms with Crippen LogP contribution in [0.25, 0.3) is 11.3 Å². The lowest BCUT2D eigenvalue weighted by Gasteiger charge is -2.12. The molecule has 0 saturated heterocycles. The van der Waals surface area contributed by atoms with Crippen LogP contribution in [0, 0.1) is 0 Å². The molecule has 0 aliphatic carbocycles. The Bertz CT molecular complexity index is 872. The third-order valence-corrected chi connectivity index (χ3v) is 5.35. The van der Waals surface area contributed by atoms with Gasteiger partial charge in [-0.05, 0) is 50.3 Å². The van der Waals surface area contributed by atoms with Crippen molar-refractivity contribution < 1.29 is 19.1 Å². The predicted molar refractivity (Wildman–Crippen MR) is 132 cm³/mol. The average Bonchev–Trinajstić information content (AvgIpc) is 2.83. The highest BCUT2D eigenvalue weighted by molar-refractivity contribution is 5.74. The number of ether oxygens (including phenoxy) is 2. The van der Waals surface area contributed by atoms with Crippen LogP contribution >= 0.6 is 0 Å². The van der Waals surface area contributed by atoms with E-state index >= 15 is 0 Å². The Hall–Kier alpha value is -2.95. The van der Waals surface area contributed by atoms with Crippen LogP contribution in [0.2, 0.25) is 0 Å². The molecule has 5 heteroatoms. The normalized spacial score (nSPS) is 12.0. The first kappa shape index (κ1) is 26.3. The van der Waals surface area contributed by atoms with Crippen molar-refractivity contribution in [3.63, 3.8) is 0 Å². The standard InChI is InChI=1S/C28H37NO4/c1-4-6-7-8-9-10-11-12-28(31)33-25-19-20-26(29-21-25)24-17-15-23(16-18-24)14-13-22(3)32-27(30)5-2/h10-11,15-22H,4-9,12-14H2,1-3H3. The van der Waals surface area contributed by atoms with Crippen LogP contribution in [0.5, 0.6) is 5.75 Å². The molecule has 0 spiro atoms. The van der Waals surface area contributed by atoms with Crippen molar-refractivity contribution in [3.8, 4) is 17.0 Å². The quantitative estimate of drug-likeness (QED) is 0.179. The van der Waals surface area contributed by atoms with E-state index in [9.17, 15) is 9.59 Å². The fourth-order valence-corrected chi connectivity index (χ4v) is 3.35. The van der Waals surface area contributed by atoms with Crippen molar-refractivity contribution in [1.82, 2.24) is 4.98 Å². The number of aryl methyl sites for hydroxylation is 1. The van der Waals surface area contributed by atoms with Gasteiger partial charge in [-0.1, -0.05) is 69.5 Å². The van der Waals surface area contributed by atoms with Gasteiger partial charge in [-0.2, -0.15) is 0 Å². The molecule has 5 nitrogen and oxygen atoms in total. The van der Waals surface area contributed by atoms with E-state index in [-0.39, 0.29) is 24.5 Å². The van der Waals surface area contributed by atoms with Gasteiger partial charge in [0.2, 0.25) is 0 Å². The van der Waals surface area contributed by atoms with E-state index in [1.807, 2.05) is 31.2 Å². The van der Waals surface area contributed by atoms with Crippen molar-refractivity contribution >= 4 is 11.9 Å². The summed E-state index contributed by atoms with van der Waals surface area (Å²) in [5.74, 6) is 0.0113. The predicted octanol–water partition coefficient (Wildman–Crippen LogP) is 6.85. The van der Waals surface area contributed by atoms with Crippen molar-refractivity contribution in [2.75, 3.05) is 0 Å². The highest BCUT2D eigenvalue weighted by Gasteiger charge is 2.08. The number of nitrogens with zero attached hydrogens (tertiary/aromatic N) is 1. The summed E-state index contributed by atoms with van der Waals surface area (Å²) in [6.07, 6.45) is 13.6. The minimum atomic E-state index is -0.280. The van der Waals surface area contributed by atoms with Crippen LogP contribution in [0.15, 0.2) is 54.7 Å². The second kappa shape index (κ2) is 15.0. The molecule has 1 atom stereocenters. The number of pyridine rings is 1. The molecule has 1 aromatic carbocycles. The molecule has 1 heterocycles. The lowest BCUT2D eigenvalue weighted by Crippen LogP contribution is -2.14. The first-order valence-corrected chi connectivity index (χ1v) is 12.1. The molecule has 0 radical (unpaired) electrons. The largest absolute Gasteiger partial charge is 0.463 e. The summed E-state index contributed by atoms with van der Waals surface area (Å²) in [4.78, 5) is 27.8. The SMILES string of the molecule is CCCCCCC=CCC(=O)Oc1ccc(-c2ccc(CCC(C)OC(=O)CC)cc2)nc1. The number of hydrogen-bond donors (Lipinski definition) is 0. The van der Waals surface area contributed by atoms with Gasteiger partial charge >= 0.3 is 11.9 Å². The van der Waals surface area contributed by atoms with Gasteiger partial charge in [0.1, 0.15) is 5.75 Å². The summed E-state index contributed by atoms with van der Waals surface area (Å²) in [5, 5.41) is 0. The lowest BCUT2D eigenvalue weighted by molar-refractivity contribution is -0.148. The topological polar surface area (TPSA) is 65.5 Å². The fourth-order valence-electron chi connectivity index (χ4n) is 3.35. The zero-order valence-corrected chi connectivity index (χ0v) is 20.2. The summed E-state index contributed by atoms with van der Waals surface area (Å²) in [7, 11) is 0. The molecule has 0 aliphatic heterocycles. The van der Waals surface area contributed by atoms with Crippen molar-refractivity contribution in [2.45, 2.75) is 84.7 Å². The van der Waals surface area contributed by atoms with Gasteiger partial charge in [0, 0.05) is 12.0 Å². The number of hydrogen-bond acceptors (Lipinski definition) is 5. The molecular formula is C28H37NO4. The highest BCUT2D eigenvalue weighted by Crippen LogP contribution is 2.21. The molecule has 1 unspecified atom stereocenters. The van der Waals surface area contributed by atoms with E-state index in [0.29, 0.717) is 12.2 Å². The molecule has 0 bridgehead atoms. The van der Waals surface area contributed by atoms with Crippen molar-refractivity contribution in [1.29, 1.82) is 0 Å². The maximum atomic E-state index is 12.0. The van der Waals surface area contributed by atoms with Gasteiger partial charge in [0.25, 0.3) is 0 Å². The van der Waals surface area contributed by atoms with E-state index in [1.165, 1.54) is 31.2 Å². The Labute approximate surface area is 198 Å². The van der Waals surface area contributed by atoms with Gasteiger partial charge in [-0.3, -0.25) is 14.6 Å². The van der Waals surface area contributed by atoms with Gasteiger partial charge in [0.05, 0.1) is 24.4 Å². The third kappa shape index (κ3) is 10.5. The fraction of sp³-hybridized carbons (Fsp3) is 0.464. The van der Waals surface area contributed by atoms with Crippen LogP contribution in [-0.2, 0) is 20.7 Å². The molecule has 2 rings (SSSR count). The number of rotatable bonds is 14. The molecule has 33 heavy (non-hydrogen) atoms. The van der Waals surface area contributed by atoms with E-state index in [1.54, 1.807) is 19.2 Å². The molecule has 0 aliphatic rings. The minimum absolute atomic E-state index is 0.0877. The maximum Gasteiger partial charge on any atom is 0.315 e. The first-order chi connectivity index (χ1) is 16.0. The molecule has 0 amide bonds. The van der Waals surface area contributed by atoms with Crippen LogP contribution in [-0.4, -0.2) is 23.0 Å². The Morgan fingerprint density at radius 2 is 1.76 bits per heavy atom. The number of carbonyl (C=O) groups is 2. The second-order valence-electron chi connectivity index (χ2n) is 8.27. The number of allylic oxidation sites excluding steroid dienone is 1. The molecule has 0 saturated carbocycles. The van der Waals surface area contributed by atoms with Crippen molar-refractivity contribution in [2.24, 2.45) is 0 Å². The van der Waals surface area contributed by atoms with Gasteiger partial charge in [-0.15, -0.1) is 0 Å². The number of carbonyl (C=O) groups excluding carboxylic acids is 2. The van der Waals surface area contributed by atoms with E-state index in [4.69, 9.17) is 9.47 Å². The van der Waals surface area contributed by atoms with E-state index in [0.717, 1.165) is 30.5 Å². The Balaban J connectivity index is 1.78. The summed E-state index contributed by atoms with van der Waals surface area (Å²) in [5.41, 5.74) is 2.99. The van der Waals surface area contributed by atoms with Crippen LogP contribution in [0.4, 0.5) is 0 Å². The number of benzene rings is 1. The van der Waals surface area contributed by atoms with E-state index < -0.39 is 0 Å². The first-order valence-electron chi connectivity index (χ1n) is 12.1.